The van der Waals surface area contributed by atoms with Crippen molar-refractivity contribution in [2.24, 2.45) is 5.73 Å². The lowest BCUT2D eigenvalue weighted by molar-refractivity contribution is -0.146. The maximum absolute atomic E-state index is 12.6. The molecule has 0 radical (unpaired) electrons. The Bertz CT molecular complexity index is 535. The van der Waals surface area contributed by atoms with E-state index >= 15 is 0 Å². The van der Waals surface area contributed by atoms with Crippen LogP contribution in [0.5, 0.6) is 0 Å². The molecular weight excluding hydrogens is 282 g/mol. The van der Waals surface area contributed by atoms with Crippen LogP contribution in [0.15, 0.2) is 0 Å². The van der Waals surface area contributed by atoms with E-state index in [1.54, 1.807) is 4.90 Å². The molecule has 7 nitrogen and oxygen atoms in total. The number of carbonyl (C=O) groups excluding carboxylic acids is 2. The third-order valence-electron chi connectivity index (χ3n) is 4.17. The third kappa shape index (κ3) is 3.30. The number of aromatic nitrogens is 2. The van der Waals surface area contributed by atoms with Gasteiger partial charge in [-0.3, -0.25) is 14.7 Å². The first-order valence-corrected chi connectivity index (χ1v) is 7.79. The number of aromatic amines is 1. The van der Waals surface area contributed by atoms with Crippen LogP contribution in [0.4, 0.5) is 0 Å². The Balaban J connectivity index is 2.01. The van der Waals surface area contributed by atoms with Crippen molar-refractivity contribution in [1.29, 1.82) is 0 Å². The van der Waals surface area contributed by atoms with Gasteiger partial charge in [0.25, 0.3) is 0 Å². The van der Waals surface area contributed by atoms with Gasteiger partial charge in [0, 0.05) is 30.9 Å². The molecule has 22 heavy (non-hydrogen) atoms. The highest BCUT2D eigenvalue weighted by Crippen LogP contribution is 2.20. The van der Waals surface area contributed by atoms with Crippen LogP contribution in [0.2, 0.25) is 0 Å². The van der Waals surface area contributed by atoms with E-state index in [0.717, 1.165) is 36.3 Å². The van der Waals surface area contributed by atoms with E-state index in [2.05, 4.69) is 17.1 Å². The van der Waals surface area contributed by atoms with Crippen LogP contribution in [0.3, 0.4) is 0 Å². The summed E-state index contributed by atoms with van der Waals surface area (Å²) in [6.45, 7) is 7.77. The molecule has 1 aliphatic heterocycles. The van der Waals surface area contributed by atoms with Gasteiger partial charge in [-0.2, -0.15) is 5.10 Å². The van der Waals surface area contributed by atoms with Crippen LogP contribution in [-0.2, 0) is 9.59 Å². The lowest BCUT2D eigenvalue weighted by atomic mass is 10.0. The first kappa shape index (κ1) is 16.5. The average molecular weight is 307 g/mol. The van der Waals surface area contributed by atoms with Crippen molar-refractivity contribution in [2.45, 2.75) is 39.7 Å². The zero-order valence-corrected chi connectivity index (χ0v) is 13.6. The third-order valence-corrected chi connectivity index (χ3v) is 4.17. The highest BCUT2D eigenvalue weighted by Gasteiger charge is 2.31. The fourth-order valence-electron chi connectivity index (χ4n) is 2.82. The average Bonchev–Trinajstić information content (AvgIpc) is 2.83. The molecule has 0 bridgehead atoms. The summed E-state index contributed by atoms with van der Waals surface area (Å²) in [5.74, 6) is -0.211. The lowest BCUT2D eigenvalue weighted by Gasteiger charge is -2.35. The molecule has 122 valence electrons. The highest BCUT2D eigenvalue weighted by atomic mass is 16.2. The second kappa shape index (κ2) is 6.91. The molecule has 1 unspecified atom stereocenters. The van der Waals surface area contributed by atoms with Crippen molar-refractivity contribution in [3.63, 3.8) is 0 Å². The predicted molar refractivity (Wildman–Crippen MR) is 83.1 cm³/mol. The van der Waals surface area contributed by atoms with Crippen LogP contribution in [0.25, 0.3) is 0 Å². The number of unbranched alkanes of at least 4 members (excludes halogenated alkanes) is 1. The fourth-order valence-corrected chi connectivity index (χ4v) is 2.82. The zero-order valence-electron chi connectivity index (χ0n) is 13.6. The lowest BCUT2D eigenvalue weighted by Crippen LogP contribution is -2.54. The second-order valence-electron chi connectivity index (χ2n) is 5.82. The van der Waals surface area contributed by atoms with Gasteiger partial charge in [0.1, 0.15) is 6.04 Å². The number of piperazine rings is 1. The number of hydrogen-bond donors (Lipinski definition) is 2. The minimum absolute atomic E-state index is 0.000822. The van der Waals surface area contributed by atoms with Gasteiger partial charge in [-0.1, -0.05) is 13.3 Å². The largest absolute Gasteiger partial charge is 0.339 e. The van der Waals surface area contributed by atoms with Gasteiger partial charge in [0.2, 0.25) is 11.8 Å². The molecule has 0 aromatic carbocycles. The van der Waals surface area contributed by atoms with Crippen molar-refractivity contribution in [2.75, 3.05) is 26.2 Å². The molecule has 2 rings (SSSR count). The van der Waals surface area contributed by atoms with Crippen molar-refractivity contribution >= 4 is 11.8 Å². The molecule has 0 saturated carbocycles. The SMILES string of the molecule is CCCCN1CCN(C(=O)C(N)c2c(C)n[nH]c2C)CC1=O. The number of amides is 2. The number of nitrogens with one attached hydrogen (secondary N) is 1. The topological polar surface area (TPSA) is 95.3 Å². The smallest absolute Gasteiger partial charge is 0.244 e. The number of H-pyrrole nitrogens is 1. The summed E-state index contributed by atoms with van der Waals surface area (Å²) < 4.78 is 0. The first-order chi connectivity index (χ1) is 10.5. The summed E-state index contributed by atoms with van der Waals surface area (Å²) >= 11 is 0. The molecule has 0 aliphatic carbocycles. The molecule has 1 atom stereocenters. The number of nitrogens with zero attached hydrogens (tertiary/aromatic N) is 3. The number of rotatable bonds is 5. The first-order valence-electron chi connectivity index (χ1n) is 7.79. The Kier molecular flexibility index (Phi) is 5.18. The van der Waals surface area contributed by atoms with Gasteiger partial charge in [0.05, 0.1) is 12.2 Å². The Morgan fingerprint density at radius 1 is 1.41 bits per heavy atom. The number of aryl methyl sites for hydroxylation is 2. The van der Waals surface area contributed by atoms with Gasteiger partial charge < -0.3 is 15.5 Å². The summed E-state index contributed by atoms with van der Waals surface area (Å²) in [6, 6.07) is -0.770. The van der Waals surface area contributed by atoms with E-state index in [4.69, 9.17) is 5.73 Å². The monoisotopic (exact) mass is 307 g/mol. The number of hydrogen-bond acceptors (Lipinski definition) is 4. The normalized spacial score (nSPS) is 17.0. The van der Waals surface area contributed by atoms with Crippen molar-refractivity contribution in [3.05, 3.63) is 17.0 Å². The fraction of sp³-hybridized carbons (Fsp3) is 0.667. The molecule has 2 amide bonds. The van der Waals surface area contributed by atoms with E-state index in [1.165, 1.54) is 0 Å². The van der Waals surface area contributed by atoms with Gasteiger partial charge >= 0.3 is 0 Å². The van der Waals surface area contributed by atoms with Gasteiger partial charge in [-0.25, -0.2) is 0 Å². The zero-order chi connectivity index (χ0) is 16.3. The maximum atomic E-state index is 12.6. The molecule has 1 aromatic heterocycles. The molecule has 3 N–H and O–H groups in total. The summed E-state index contributed by atoms with van der Waals surface area (Å²) in [5.41, 5.74) is 8.35. The van der Waals surface area contributed by atoms with Crippen molar-refractivity contribution < 1.29 is 9.59 Å². The van der Waals surface area contributed by atoms with E-state index in [-0.39, 0.29) is 18.4 Å². The molecule has 0 spiro atoms. The molecule has 7 heteroatoms. The molecule has 1 saturated heterocycles. The van der Waals surface area contributed by atoms with Crippen LogP contribution in [0.1, 0.15) is 42.8 Å². The number of nitrogens with two attached hydrogens (primary N) is 1. The molecular formula is C15H25N5O2. The summed E-state index contributed by atoms with van der Waals surface area (Å²) in [5, 5.41) is 6.91. The van der Waals surface area contributed by atoms with E-state index in [9.17, 15) is 9.59 Å². The summed E-state index contributed by atoms with van der Waals surface area (Å²) in [6.07, 6.45) is 2.04. The van der Waals surface area contributed by atoms with Crippen LogP contribution < -0.4 is 5.73 Å². The van der Waals surface area contributed by atoms with E-state index < -0.39 is 6.04 Å². The van der Waals surface area contributed by atoms with Crippen LogP contribution in [0, 0.1) is 13.8 Å². The highest BCUT2D eigenvalue weighted by molar-refractivity contribution is 5.89. The Labute approximate surface area is 130 Å². The summed E-state index contributed by atoms with van der Waals surface area (Å²) in [7, 11) is 0. The van der Waals surface area contributed by atoms with E-state index in [1.807, 2.05) is 18.7 Å². The Morgan fingerprint density at radius 2 is 2.14 bits per heavy atom. The Morgan fingerprint density at radius 3 is 2.68 bits per heavy atom. The molecule has 1 aliphatic rings. The minimum Gasteiger partial charge on any atom is -0.339 e. The van der Waals surface area contributed by atoms with Gasteiger partial charge in [0.15, 0.2) is 0 Å². The predicted octanol–water partition coefficient (Wildman–Crippen LogP) is 0.497. The standard InChI is InChI=1S/C15H25N5O2/c1-4-5-6-19-7-8-20(9-12(19)21)15(22)14(16)13-10(2)17-18-11(13)3/h14H,4-9,16H2,1-3H3,(H,17,18). The Hall–Kier alpha value is -1.89. The summed E-state index contributed by atoms with van der Waals surface area (Å²) in [4.78, 5) is 28.1. The number of carbonyl (C=O) groups is 2. The molecule has 2 heterocycles. The van der Waals surface area contributed by atoms with Crippen LogP contribution in [-0.4, -0.2) is 58.0 Å². The van der Waals surface area contributed by atoms with E-state index in [0.29, 0.717) is 13.1 Å². The maximum Gasteiger partial charge on any atom is 0.244 e. The van der Waals surface area contributed by atoms with Crippen LogP contribution >= 0.6 is 0 Å². The van der Waals surface area contributed by atoms with Gasteiger partial charge in [-0.05, 0) is 20.3 Å². The molecule has 1 fully saturated rings. The minimum atomic E-state index is -0.770. The quantitative estimate of drug-likeness (QED) is 0.828. The van der Waals surface area contributed by atoms with Gasteiger partial charge in [-0.15, -0.1) is 0 Å². The molecule has 1 aromatic rings. The second-order valence-corrected chi connectivity index (χ2v) is 5.82. The van der Waals surface area contributed by atoms with Crippen molar-refractivity contribution in [1.82, 2.24) is 20.0 Å². The van der Waals surface area contributed by atoms with Crippen molar-refractivity contribution in [3.8, 4) is 0 Å².